The summed E-state index contributed by atoms with van der Waals surface area (Å²) in [6.07, 6.45) is 1.30. The van der Waals surface area contributed by atoms with Crippen molar-refractivity contribution in [3.05, 3.63) is 64.7 Å². The van der Waals surface area contributed by atoms with Crippen molar-refractivity contribution >= 4 is 12.0 Å². The first-order valence-electron chi connectivity index (χ1n) is 9.04. The van der Waals surface area contributed by atoms with Crippen LogP contribution in [0.3, 0.4) is 0 Å². The van der Waals surface area contributed by atoms with E-state index in [2.05, 4.69) is 26.8 Å². The number of benzene rings is 2. The number of nitriles is 1. The lowest BCUT2D eigenvalue weighted by Gasteiger charge is -2.24. The van der Waals surface area contributed by atoms with E-state index in [0.717, 1.165) is 16.9 Å². The average Bonchev–Trinajstić information content (AvgIpc) is 2.64. The van der Waals surface area contributed by atoms with Gasteiger partial charge in [-0.15, -0.1) is 0 Å². The molecule has 0 amide bonds. The van der Waals surface area contributed by atoms with E-state index < -0.39 is 5.97 Å². The molecule has 5 heteroatoms. The summed E-state index contributed by atoms with van der Waals surface area (Å²) in [5, 5.41) is 18.0. The fourth-order valence-corrected chi connectivity index (χ4v) is 2.76. The minimum absolute atomic E-state index is 0.0376. The Bertz CT molecular complexity index is 917. The minimum Gasteiger partial charge on any atom is -0.489 e. The summed E-state index contributed by atoms with van der Waals surface area (Å²) in [6.45, 7) is 9.07. The summed E-state index contributed by atoms with van der Waals surface area (Å²) >= 11 is 0. The Hall–Kier alpha value is -3.26. The number of para-hydroxylation sites is 2. The summed E-state index contributed by atoms with van der Waals surface area (Å²) < 4.78 is 11.8. The van der Waals surface area contributed by atoms with Crippen molar-refractivity contribution in [3.8, 4) is 17.6 Å². The molecule has 2 aromatic carbocycles. The van der Waals surface area contributed by atoms with Gasteiger partial charge in [-0.2, -0.15) is 5.26 Å². The number of hydrogen-bond acceptors (Lipinski definition) is 4. The van der Waals surface area contributed by atoms with Crippen LogP contribution in [0.4, 0.5) is 0 Å². The molecule has 0 spiro atoms. The van der Waals surface area contributed by atoms with Crippen LogP contribution in [0, 0.1) is 18.3 Å². The lowest BCUT2D eigenvalue weighted by Crippen LogP contribution is -2.16. The van der Waals surface area contributed by atoms with Crippen molar-refractivity contribution in [3.63, 3.8) is 0 Å². The molecule has 146 valence electrons. The number of nitrogens with zero attached hydrogens (tertiary/aromatic N) is 1. The zero-order valence-electron chi connectivity index (χ0n) is 16.7. The molecule has 0 fully saturated rings. The van der Waals surface area contributed by atoms with Crippen LogP contribution in [0.1, 0.15) is 37.5 Å². The maximum absolute atomic E-state index is 11.1. The molecule has 2 aromatic rings. The van der Waals surface area contributed by atoms with E-state index in [9.17, 15) is 4.79 Å². The third kappa shape index (κ3) is 5.37. The van der Waals surface area contributed by atoms with Crippen LogP contribution >= 0.6 is 0 Å². The molecule has 0 heterocycles. The Balaban J connectivity index is 2.09. The molecule has 5 nitrogen and oxygen atoms in total. The summed E-state index contributed by atoms with van der Waals surface area (Å²) in [5.74, 6) is 0.0975. The van der Waals surface area contributed by atoms with Crippen LogP contribution in [-0.4, -0.2) is 24.3 Å². The van der Waals surface area contributed by atoms with Gasteiger partial charge < -0.3 is 14.6 Å². The SMILES string of the molecule is Cc1cccc(C(C)(C)C)c1OCCOc1ccccc1C=C(C#N)C(=O)O. The highest BCUT2D eigenvalue weighted by atomic mass is 16.5. The first kappa shape index (κ1) is 21.0. The first-order valence-corrected chi connectivity index (χ1v) is 9.04. The Kier molecular flexibility index (Phi) is 6.84. The summed E-state index contributed by atoms with van der Waals surface area (Å²) in [7, 11) is 0. The van der Waals surface area contributed by atoms with Gasteiger partial charge in [-0.25, -0.2) is 4.79 Å². The molecule has 0 bridgehead atoms. The van der Waals surface area contributed by atoms with Crippen molar-refractivity contribution < 1.29 is 19.4 Å². The molecule has 0 saturated heterocycles. The van der Waals surface area contributed by atoms with Gasteiger partial charge >= 0.3 is 5.97 Å². The number of rotatable bonds is 7. The highest BCUT2D eigenvalue weighted by Gasteiger charge is 2.20. The van der Waals surface area contributed by atoms with Crippen LogP contribution in [-0.2, 0) is 10.2 Å². The molecular weight excluding hydrogens is 354 g/mol. The second-order valence-corrected chi connectivity index (χ2v) is 7.41. The Labute approximate surface area is 165 Å². The van der Waals surface area contributed by atoms with Crippen LogP contribution < -0.4 is 9.47 Å². The normalized spacial score (nSPS) is 11.6. The molecule has 2 rings (SSSR count). The van der Waals surface area contributed by atoms with Gasteiger partial charge in [0.2, 0.25) is 0 Å². The molecule has 0 saturated carbocycles. The van der Waals surface area contributed by atoms with E-state index >= 15 is 0 Å². The fraction of sp³-hybridized carbons (Fsp3) is 0.304. The van der Waals surface area contributed by atoms with Gasteiger partial charge in [-0.1, -0.05) is 57.2 Å². The van der Waals surface area contributed by atoms with E-state index in [4.69, 9.17) is 19.8 Å². The summed E-state index contributed by atoms with van der Waals surface area (Å²) in [4.78, 5) is 11.1. The van der Waals surface area contributed by atoms with Crippen LogP contribution in [0.25, 0.3) is 6.08 Å². The molecule has 0 aliphatic heterocycles. The van der Waals surface area contributed by atoms with Gasteiger partial charge in [-0.3, -0.25) is 0 Å². The van der Waals surface area contributed by atoms with Crippen molar-refractivity contribution in [2.45, 2.75) is 33.1 Å². The van der Waals surface area contributed by atoms with Crippen molar-refractivity contribution in [1.29, 1.82) is 5.26 Å². The standard InChI is InChI=1S/C23H25NO4/c1-16-8-7-10-19(23(2,3)4)21(16)28-13-12-27-20-11-6-5-9-17(20)14-18(15-24)22(25)26/h5-11,14H,12-13H2,1-4H3,(H,25,26). The molecule has 0 unspecified atom stereocenters. The van der Waals surface area contributed by atoms with Crippen LogP contribution in [0.15, 0.2) is 48.0 Å². The summed E-state index contributed by atoms with van der Waals surface area (Å²) in [6, 6.07) is 14.8. The lowest BCUT2D eigenvalue weighted by molar-refractivity contribution is -0.132. The third-order valence-electron chi connectivity index (χ3n) is 4.18. The zero-order valence-corrected chi connectivity index (χ0v) is 16.7. The molecule has 0 radical (unpaired) electrons. The van der Waals surface area contributed by atoms with Crippen molar-refractivity contribution in [2.75, 3.05) is 13.2 Å². The third-order valence-corrected chi connectivity index (χ3v) is 4.18. The highest BCUT2D eigenvalue weighted by molar-refractivity contribution is 5.96. The van der Waals surface area contributed by atoms with Gasteiger partial charge in [0.25, 0.3) is 0 Å². The van der Waals surface area contributed by atoms with Gasteiger partial charge in [0.15, 0.2) is 0 Å². The average molecular weight is 379 g/mol. The number of carbonyl (C=O) groups is 1. The van der Waals surface area contributed by atoms with Crippen LogP contribution in [0.5, 0.6) is 11.5 Å². The first-order chi connectivity index (χ1) is 13.2. The number of hydrogen-bond donors (Lipinski definition) is 1. The molecule has 0 aromatic heterocycles. The van der Waals surface area contributed by atoms with Gasteiger partial charge in [0.1, 0.15) is 36.4 Å². The van der Waals surface area contributed by atoms with E-state index in [-0.39, 0.29) is 17.6 Å². The molecule has 0 aliphatic rings. The quantitative estimate of drug-likeness (QED) is 0.427. The van der Waals surface area contributed by atoms with Gasteiger partial charge in [-0.05, 0) is 35.6 Å². The van der Waals surface area contributed by atoms with Gasteiger partial charge in [0.05, 0.1) is 0 Å². The van der Waals surface area contributed by atoms with E-state index in [1.165, 1.54) is 6.08 Å². The molecular formula is C23H25NO4. The van der Waals surface area contributed by atoms with E-state index in [0.29, 0.717) is 17.9 Å². The Morgan fingerprint density at radius 2 is 1.79 bits per heavy atom. The van der Waals surface area contributed by atoms with Gasteiger partial charge in [0, 0.05) is 5.56 Å². The number of aryl methyl sites for hydroxylation is 1. The molecule has 28 heavy (non-hydrogen) atoms. The Morgan fingerprint density at radius 1 is 1.11 bits per heavy atom. The topological polar surface area (TPSA) is 79.5 Å². The lowest BCUT2D eigenvalue weighted by atomic mass is 9.85. The summed E-state index contributed by atoms with van der Waals surface area (Å²) in [5.41, 5.74) is 2.35. The predicted octanol–water partition coefficient (Wildman–Crippen LogP) is 4.74. The molecule has 0 aliphatic carbocycles. The minimum atomic E-state index is -1.27. The maximum atomic E-state index is 11.1. The van der Waals surface area contributed by atoms with E-state index in [1.807, 2.05) is 19.1 Å². The van der Waals surface area contributed by atoms with Crippen LogP contribution in [0.2, 0.25) is 0 Å². The predicted molar refractivity (Wildman–Crippen MR) is 109 cm³/mol. The maximum Gasteiger partial charge on any atom is 0.346 e. The Morgan fingerprint density at radius 3 is 2.43 bits per heavy atom. The molecule has 0 atom stereocenters. The smallest absolute Gasteiger partial charge is 0.346 e. The number of carboxylic acids is 1. The number of aliphatic carboxylic acids is 1. The van der Waals surface area contributed by atoms with Crippen molar-refractivity contribution in [1.82, 2.24) is 0 Å². The number of ether oxygens (including phenoxy) is 2. The fourth-order valence-electron chi connectivity index (χ4n) is 2.76. The largest absolute Gasteiger partial charge is 0.489 e. The highest BCUT2D eigenvalue weighted by Crippen LogP contribution is 2.33. The van der Waals surface area contributed by atoms with Crippen molar-refractivity contribution in [2.24, 2.45) is 0 Å². The molecule has 1 N–H and O–H groups in total. The van der Waals surface area contributed by atoms with E-state index in [1.54, 1.807) is 30.3 Å². The number of carboxylic acid groups (broad SMARTS) is 1. The second kappa shape index (κ2) is 9.09. The second-order valence-electron chi connectivity index (χ2n) is 7.41. The zero-order chi connectivity index (χ0) is 20.7. The monoisotopic (exact) mass is 379 g/mol.